The second kappa shape index (κ2) is 7.67. The van der Waals surface area contributed by atoms with E-state index in [1.54, 1.807) is 0 Å². The van der Waals surface area contributed by atoms with E-state index in [4.69, 9.17) is 5.73 Å². The number of hydrogen-bond acceptors (Lipinski definition) is 0. The second-order valence-corrected chi connectivity index (χ2v) is 5.23. The van der Waals surface area contributed by atoms with E-state index in [0.717, 1.165) is 16.7 Å². The van der Waals surface area contributed by atoms with Crippen LogP contribution in [0.15, 0.2) is 91.0 Å². The summed E-state index contributed by atoms with van der Waals surface area (Å²) in [6.07, 6.45) is 0. The minimum absolute atomic E-state index is 0. The molecule has 2 N–H and O–H groups in total. The van der Waals surface area contributed by atoms with Gasteiger partial charge in [0, 0.05) is 32.7 Å². The van der Waals surface area contributed by atoms with Crippen molar-refractivity contribution in [2.45, 2.75) is 5.41 Å². The van der Waals surface area contributed by atoms with Gasteiger partial charge >= 0.3 is 0 Å². The third kappa shape index (κ3) is 3.15. The van der Waals surface area contributed by atoms with Crippen molar-refractivity contribution in [3.8, 4) is 0 Å². The van der Waals surface area contributed by atoms with Gasteiger partial charge in [-0.3, -0.25) is 0 Å². The SMILES string of the molecule is [N-]=C(N)C(c1ccccc1)(c1ccccc1)c1ccccc1.[Y]. The topological polar surface area (TPSA) is 48.3 Å². The molecule has 0 bridgehead atoms. The predicted octanol–water partition coefficient (Wildman–Crippen LogP) is 3.95. The van der Waals surface area contributed by atoms with Crippen LogP contribution in [0.1, 0.15) is 16.7 Å². The van der Waals surface area contributed by atoms with Crippen LogP contribution < -0.4 is 5.73 Å². The van der Waals surface area contributed by atoms with E-state index in [2.05, 4.69) is 0 Å². The van der Waals surface area contributed by atoms with Crippen LogP contribution in [0, 0.1) is 0 Å². The van der Waals surface area contributed by atoms with Crippen LogP contribution in [0.25, 0.3) is 5.41 Å². The molecule has 0 heterocycles. The third-order valence-corrected chi connectivity index (χ3v) is 4.00. The molecule has 2 nitrogen and oxygen atoms in total. The van der Waals surface area contributed by atoms with Crippen molar-refractivity contribution in [2.75, 3.05) is 0 Å². The van der Waals surface area contributed by atoms with Crippen molar-refractivity contribution in [1.29, 1.82) is 0 Å². The molecule has 111 valence electrons. The first-order chi connectivity index (χ1) is 10.8. The fourth-order valence-corrected chi connectivity index (χ4v) is 3.01. The number of amidine groups is 1. The Morgan fingerprint density at radius 3 is 1.09 bits per heavy atom. The summed E-state index contributed by atoms with van der Waals surface area (Å²) in [5, 5.41) is 10.5. The summed E-state index contributed by atoms with van der Waals surface area (Å²) in [5.41, 5.74) is 7.98. The van der Waals surface area contributed by atoms with Gasteiger partial charge in [0.25, 0.3) is 0 Å². The summed E-state index contributed by atoms with van der Waals surface area (Å²) in [4.78, 5) is 0. The Morgan fingerprint density at radius 2 is 0.870 bits per heavy atom. The summed E-state index contributed by atoms with van der Waals surface area (Å²) in [7, 11) is 0. The molecular formula is C20H17N2Y-. The summed E-state index contributed by atoms with van der Waals surface area (Å²) >= 11 is 0. The molecule has 3 heteroatoms. The second-order valence-electron chi connectivity index (χ2n) is 5.23. The van der Waals surface area contributed by atoms with Gasteiger partial charge in [-0.1, -0.05) is 96.8 Å². The smallest absolute Gasteiger partial charge is 0.0616 e. The van der Waals surface area contributed by atoms with Crippen molar-refractivity contribution in [3.63, 3.8) is 0 Å². The van der Waals surface area contributed by atoms with E-state index < -0.39 is 5.41 Å². The van der Waals surface area contributed by atoms with Gasteiger partial charge in [-0.15, -0.1) is 0 Å². The van der Waals surface area contributed by atoms with E-state index in [0.29, 0.717) is 0 Å². The van der Waals surface area contributed by atoms with Crippen LogP contribution in [0.2, 0.25) is 0 Å². The molecule has 0 atom stereocenters. The Labute approximate surface area is 162 Å². The minimum Gasteiger partial charge on any atom is -0.497 e. The zero-order valence-electron chi connectivity index (χ0n) is 12.8. The number of nitrogens with zero attached hydrogens (tertiary/aromatic N) is 1. The van der Waals surface area contributed by atoms with Gasteiger partial charge in [0.05, 0.1) is 5.41 Å². The average molecular weight is 374 g/mol. The summed E-state index contributed by atoms with van der Waals surface area (Å²) in [6.45, 7) is 0. The minimum atomic E-state index is -0.871. The van der Waals surface area contributed by atoms with Crippen LogP contribution in [0.5, 0.6) is 0 Å². The first-order valence-corrected chi connectivity index (χ1v) is 7.24. The molecule has 0 amide bonds. The largest absolute Gasteiger partial charge is 0.497 e. The molecule has 23 heavy (non-hydrogen) atoms. The predicted molar refractivity (Wildman–Crippen MR) is 91.8 cm³/mol. The fraction of sp³-hybridized carbons (Fsp3) is 0.0500. The molecule has 3 aromatic carbocycles. The van der Waals surface area contributed by atoms with Crippen molar-refractivity contribution in [2.24, 2.45) is 5.73 Å². The quantitative estimate of drug-likeness (QED) is 0.420. The first kappa shape index (κ1) is 17.6. The maximum absolute atomic E-state index is 10.5. The van der Waals surface area contributed by atoms with E-state index in [1.807, 2.05) is 91.0 Å². The summed E-state index contributed by atoms with van der Waals surface area (Å²) in [5.74, 6) is -0.129. The number of benzene rings is 3. The molecule has 0 aromatic heterocycles. The number of nitrogens with two attached hydrogens (primary N) is 1. The van der Waals surface area contributed by atoms with Crippen LogP contribution in [0.3, 0.4) is 0 Å². The van der Waals surface area contributed by atoms with Gasteiger partial charge in [-0.25, -0.2) is 0 Å². The number of rotatable bonds is 4. The molecule has 0 spiro atoms. The van der Waals surface area contributed by atoms with Crippen molar-refractivity contribution >= 4 is 5.84 Å². The first-order valence-electron chi connectivity index (χ1n) is 7.24. The van der Waals surface area contributed by atoms with Crippen LogP contribution in [-0.2, 0) is 38.1 Å². The zero-order chi connectivity index (χ0) is 15.4. The van der Waals surface area contributed by atoms with Crippen molar-refractivity contribution in [1.82, 2.24) is 0 Å². The molecule has 0 fully saturated rings. The van der Waals surface area contributed by atoms with E-state index in [9.17, 15) is 5.41 Å². The summed E-state index contributed by atoms with van der Waals surface area (Å²) in [6, 6.07) is 29.5. The van der Waals surface area contributed by atoms with Gasteiger partial charge in [-0.2, -0.15) is 0 Å². The molecule has 0 saturated carbocycles. The van der Waals surface area contributed by atoms with E-state index in [1.165, 1.54) is 0 Å². The molecule has 0 aliphatic rings. The fourth-order valence-electron chi connectivity index (χ4n) is 3.01. The Bertz CT molecular complexity index is 659. The van der Waals surface area contributed by atoms with E-state index in [-0.39, 0.29) is 38.5 Å². The Morgan fingerprint density at radius 1 is 0.609 bits per heavy atom. The molecular weight excluding hydrogens is 357 g/mol. The van der Waals surface area contributed by atoms with E-state index >= 15 is 0 Å². The van der Waals surface area contributed by atoms with Crippen molar-refractivity contribution in [3.05, 3.63) is 113 Å². The van der Waals surface area contributed by atoms with Gasteiger partial charge in [0.2, 0.25) is 0 Å². The van der Waals surface area contributed by atoms with Crippen LogP contribution in [-0.4, -0.2) is 5.84 Å². The van der Waals surface area contributed by atoms with Crippen LogP contribution >= 0.6 is 0 Å². The zero-order valence-corrected chi connectivity index (χ0v) is 15.6. The Balaban J connectivity index is 0.00000192. The van der Waals surface area contributed by atoms with Gasteiger partial charge < -0.3 is 11.1 Å². The average Bonchev–Trinajstić information content (AvgIpc) is 2.58. The maximum atomic E-state index is 10.5. The molecule has 0 unspecified atom stereocenters. The standard InChI is InChI=1S/C20H17N2.Y/c21-19(22)20(16-10-4-1-5-11-16,17-12-6-2-7-13-17)18-14-8-3-9-15-18;/h1-15H,(H2-,21,22);/q-1;. The Kier molecular flexibility index (Phi) is 5.87. The molecule has 0 aliphatic carbocycles. The van der Waals surface area contributed by atoms with Crippen LogP contribution in [0.4, 0.5) is 0 Å². The molecule has 1 radical (unpaired) electrons. The molecule has 3 rings (SSSR count). The summed E-state index contributed by atoms with van der Waals surface area (Å²) < 4.78 is 0. The Hall–Kier alpha value is -1.77. The van der Waals surface area contributed by atoms with Crippen molar-refractivity contribution < 1.29 is 32.7 Å². The monoisotopic (exact) mass is 374 g/mol. The molecule has 3 aromatic rings. The van der Waals surface area contributed by atoms with Gasteiger partial charge in [0.1, 0.15) is 0 Å². The molecule has 0 saturated heterocycles. The molecule has 0 aliphatic heterocycles. The van der Waals surface area contributed by atoms with Gasteiger partial charge in [-0.05, 0) is 16.7 Å². The van der Waals surface area contributed by atoms with Gasteiger partial charge in [0.15, 0.2) is 0 Å². The third-order valence-electron chi connectivity index (χ3n) is 4.00. The number of hydrogen-bond donors (Lipinski definition) is 1. The maximum Gasteiger partial charge on any atom is 0.0616 e. The normalized spacial score (nSPS) is 10.6.